The molecule has 1 fully saturated rings. The fourth-order valence-corrected chi connectivity index (χ4v) is 2.99. The van der Waals surface area contributed by atoms with Gasteiger partial charge in [-0.15, -0.1) is 12.4 Å². The van der Waals surface area contributed by atoms with Gasteiger partial charge in [0.15, 0.2) is 0 Å². The Hall–Kier alpha value is -1.63. The van der Waals surface area contributed by atoms with Crippen molar-refractivity contribution in [3.8, 4) is 0 Å². The molecule has 0 saturated carbocycles. The van der Waals surface area contributed by atoms with E-state index in [4.69, 9.17) is 10.5 Å². The largest absolute Gasteiger partial charge is 0.383 e. The maximum Gasteiger partial charge on any atom is 0.241 e. The molecule has 0 aromatic heterocycles. The number of halogens is 1. The summed E-state index contributed by atoms with van der Waals surface area (Å²) in [6.07, 6.45) is 0. The van der Waals surface area contributed by atoms with Gasteiger partial charge in [0.2, 0.25) is 11.8 Å². The van der Waals surface area contributed by atoms with Crippen LogP contribution in [0.2, 0.25) is 0 Å². The third-order valence-electron chi connectivity index (χ3n) is 4.57. The van der Waals surface area contributed by atoms with Crippen LogP contribution in [0.5, 0.6) is 0 Å². The van der Waals surface area contributed by atoms with Gasteiger partial charge in [0.25, 0.3) is 0 Å². The molecule has 1 heterocycles. The van der Waals surface area contributed by atoms with Gasteiger partial charge in [-0.2, -0.15) is 0 Å². The molecule has 2 N–H and O–H groups in total. The van der Waals surface area contributed by atoms with Crippen LogP contribution < -0.4 is 5.73 Å². The lowest BCUT2D eigenvalue weighted by Gasteiger charge is -2.39. The zero-order valence-corrected chi connectivity index (χ0v) is 15.9. The van der Waals surface area contributed by atoms with Gasteiger partial charge in [-0.05, 0) is 19.4 Å². The summed E-state index contributed by atoms with van der Waals surface area (Å²) in [6, 6.07) is 9.13. The van der Waals surface area contributed by atoms with Crippen LogP contribution in [0, 0.1) is 0 Å². The van der Waals surface area contributed by atoms with Crippen LogP contribution in [0.15, 0.2) is 30.3 Å². The van der Waals surface area contributed by atoms with E-state index in [9.17, 15) is 9.59 Å². The fourth-order valence-electron chi connectivity index (χ4n) is 2.99. The number of methoxy groups -OCH3 is 1. The van der Waals surface area contributed by atoms with Crippen molar-refractivity contribution in [2.75, 3.05) is 39.9 Å². The van der Waals surface area contributed by atoms with Crippen molar-refractivity contribution >= 4 is 24.2 Å². The van der Waals surface area contributed by atoms with E-state index in [2.05, 4.69) is 0 Å². The first-order valence-electron chi connectivity index (χ1n) is 8.26. The summed E-state index contributed by atoms with van der Waals surface area (Å²) < 4.78 is 4.93. The molecule has 140 valence electrons. The van der Waals surface area contributed by atoms with E-state index < -0.39 is 11.5 Å². The number of rotatable bonds is 5. The molecule has 1 unspecified atom stereocenters. The Balaban J connectivity index is 0.00000312. The van der Waals surface area contributed by atoms with Crippen LogP contribution in [-0.4, -0.2) is 67.6 Å². The minimum Gasteiger partial charge on any atom is -0.383 e. The summed E-state index contributed by atoms with van der Waals surface area (Å²) in [5.41, 5.74) is 6.21. The van der Waals surface area contributed by atoms with Crippen LogP contribution in [0.1, 0.15) is 19.4 Å². The number of carbonyl (C=O) groups is 2. The molecule has 0 aliphatic carbocycles. The van der Waals surface area contributed by atoms with Crippen molar-refractivity contribution < 1.29 is 14.3 Å². The lowest BCUT2D eigenvalue weighted by molar-refractivity contribution is -0.143. The second kappa shape index (κ2) is 9.17. The molecule has 7 heteroatoms. The van der Waals surface area contributed by atoms with Gasteiger partial charge in [0, 0.05) is 33.3 Å². The Morgan fingerprint density at radius 2 is 1.64 bits per heavy atom. The van der Waals surface area contributed by atoms with E-state index in [-0.39, 0.29) is 30.8 Å². The third-order valence-corrected chi connectivity index (χ3v) is 4.57. The molecule has 0 spiro atoms. The molecule has 1 aromatic carbocycles. The van der Waals surface area contributed by atoms with Gasteiger partial charge >= 0.3 is 0 Å². The Labute approximate surface area is 155 Å². The van der Waals surface area contributed by atoms with Gasteiger partial charge in [-0.25, -0.2) is 0 Å². The van der Waals surface area contributed by atoms with Crippen molar-refractivity contribution in [3.05, 3.63) is 35.9 Å². The highest BCUT2D eigenvalue weighted by Gasteiger charge is 2.36. The molecule has 2 amide bonds. The molecule has 1 aromatic rings. The number of benzene rings is 1. The molecule has 25 heavy (non-hydrogen) atoms. The predicted octanol–water partition coefficient (Wildman–Crippen LogP) is 1.03. The van der Waals surface area contributed by atoms with Crippen molar-refractivity contribution in [2.24, 2.45) is 5.73 Å². The Morgan fingerprint density at radius 3 is 2.16 bits per heavy atom. The average Bonchev–Trinajstić information content (AvgIpc) is 2.61. The number of carbonyl (C=O) groups excluding carboxylic acids is 2. The Kier molecular flexibility index (Phi) is 7.86. The number of nitrogens with zero attached hydrogens (tertiary/aromatic N) is 2. The summed E-state index contributed by atoms with van der Waals surface area (Å²) in [4.78, 5) is 28.7. The Morgan fingerprint density at radius 1 is 1.12 bits per heavy atom. The topological polar surface area (TPSA) is 75.9 Å². The first kappa shape index (κ1) is 21.4. The molecule has 1 saturated heterocycles. The molecule has 0 bridgehead atoms. The molecular weight excluding hydrogens is 342 g/mol. The number of ether oxygens (including phenoxy) is 1. The zero-order valence-electron chi connectivity index (χ0n) is 15.1. The molecular formula is C18H28ClN3O3. The van der Waals surface area contributed by atoms with Crippen molar-refractivity contribution in [3.63, 3.8) is 0 Å². The first-order valence-corrected chi connectivity index (χ1v) is 8.26. The van der Waals surface area contributed by atoms with Gasteiger partial charge in [-0.1, -0.05) is 30.3 Å². The summed E-state index contributed by atoms with van der Waals surface area (Å²) in [5.74, 6) is -0.0340. The van der Waals surface area contributed by atoms with Crippen LogP contribution in [-0.2, 0) is 19.7 Å². The predicted molar refractivity (Wildman–Crippen MR) is 99.7 cm³/mol. The smallest absolute Gasteiger partial charge is 0.241 e. The van der Waals surface area contributed by atoms with Crippen molar-refractivity contribution in [1.82, 2.24) is 9.80 Å². The van der Waals surface area contributed by atoms with Crippen LogP contribution >= 0.6 is 12.4 Å². The van der Waals surface area contributed by atoms with Gasteiger partial charge in [-0.3, -0.25) is 9.59 Å². The van der Waals surface area contributed by atoms with E-state index in [0.717, 1.165) is 5.56 Å². The third kappa shape index (κ3) is 4.93. The number of nitrogens with two attached hydrogens (primary N) is 1. The quantitative estimate of drug-likeness (QED) is 0.841. The van der Waals surface area contributed by atoms with Crippen LogP contribution in [0.25, 0.3) is 0 Å². The summed E-state index contributed by atoms with van der Waals surface area (Å²) in [6.45, 7) is 6.16. The van der Waals surface area contributed by atoms with Gasteiger partial charge in [0.1, 0.15) is 6.04 Å². The van der Waals surface area contributed by atoms with Crippen molar-refractivity contribution in [1.29, 1.82) is 0 Å². The van der Waals surface area contributed by atoms with E-state index in [0.29, 0.717) is 26.2 Å². The average molecular weight is 370 g/mol. The maximum absolute atomic E-state index is 12.9. The van der Waals surface area contributed by atoms with E-state index >= 15 is 0 Å². The Bertz CT molecular complexity index is 572. The number of hydrogen-bond acceptors (Lipinski definition) is 4. The number of amides is 2. The van der Waals surface area contributed by atoms with Crippen molar-refractivity contribution in [2.45, 2.75) is 25.3 Å². The van der Waals surface area contributed by atoms with Gasteiger partial charge in [0.05, 0.1) is 12.0 Å². The molecule has 1 aliphatic rings. The second-order valence-corrected chi connectivity index (χ2v) is 6.67. The minimum atomic E-state index is -0.641. The van der Waals surface area contributed by atoms with Gasteiger partial charge < -0.3 is 20.3 Å². The summed E-state index contributed by atoms with van der Waals surface area (Å²) >= 11 is 0. The molecule has 6 nitrogen and oxygen atoms in total. The normalized spacial score (nSPS) is 16.2. The molecule has 2 rings (SSSR count). The highest BCUT2D eigenvalue weighted by atomic mass is 35.5. The van der Waals surface area contributed by atoms with E-state index in [1.807, 2.05) is 49.1 Å². The molecule has 1 aliphatic heterocycles. The van der Waals surface area contributed by atoms with Crippen LogP contribution in [0.4, 0.5) is 0 Å². The zero-order chi connectivity index (χ0) is 17.7. The van der Waals surface area contributed by atoms with Crippen LogP contribution in [0.3, 0.4) is 0 Å². The highest BCUT2D eigenvalue weighted by molar-refractivity contribution is 5.88. The standard InChI is InChI=1S/C18H27N3O3.ClH/c1-18(2,14-7-5-4-6-8-14)17(23)21-11-9-20(10-12-21)16(22)15(19)13-24-3;/h4-8,15H,9-13,19H2,1-3H3;1H. The minimum absolute atomic E-state index is 0. The summed E-state index contributed by atoms with van der Waals surface area (Å²) in [5, 5.41) is 0. The number of hydrogen-bond donors (Lipinski definition) is 1. The van der Waals surface area contributed by atoms with E-state index in [1.165, 1.54) is 7.11 Å². The lowest BCUT2D eigenvalue weighted by Crippen LogP contribution is -2.57. The summed E-state index contributed by atoms with van der Waals surface area (Å²) in [7, 11) is 1.52. The second-order valence-electron chi connectivity index (χ2n) is 6.67. The lowest BCUT2D eigenvalue weighted by atomic mass is 9.83. The molecule has 0 radical (unpaired) electrons. The first-order chi connectivity index (χ1) is 11.4. The maximum atomic E-state index is 12.9. The highest BCUT2D eigenvalue weighted by Crippen LogP contribution is 2.26. The fraction of sp³-hybridized carbons (Fsp3) is 0.556. The monoisotopic (exact) mass is 369 g/mol. The van der Waals surface area contributed by atoms with E-state index in [1.54, 1.807) is 4.90 Å². The molecule has 1 atom stereocenters. The number of piperazine rings is 1. The SMILES string of the molecule is COCC(N)C(=O)N1CCN(C(=O)C(C)(C)c2ccccc2)CC1.Cl.